The predicted molar refractivity (Wildman–Crippen MR) is 74.8 cm³/mol. The topological polar surface area (TPSA) is 64.3 Å². The maximum absolute atomic E-state index is 11.7. The zero-order valence-electron chi connectivity index (χ0n) is 11.5. The van der Waals surface area contributed by atoms with Gasteiger partial charge in [-0.2, -0.15) is 0 Å². The smallest absolute Gasteiger partial charge is 0.340 e. The zero-order valence-corrected chi connectivity index (χ0v) is 11.5. The predicted octanol–water partition coefficient (Wildman–Crippen LogP) is 3.05. The average Bonchev–Trinajstić information content (AvgIpc) is 2.32. The molecule has 4 nitrogen and oxygen atoms in total. The number of nitrogens with one attached hydrogen (secondary N) is 1. The van der Waals surface area contributed by atoms with Crippen molar-refractivity contribution in [3.8, 4) is 0 Å². The van der Waals surface area contributed by atoms with E-state index in [1.807, 2.05) is 6.07 Å². The monoisotopic (exact) mass is 250 g/mol. The number of anilines is 2. The number of benzene rings is 1. The Hall–Kier alpha value is -1.71. The highest BCUT2D eigenvalue weighted by Crippen LogP contribution is 2.27. The van der Waals surface area contributed by atoms with Crippen molar-refractivity contribution >= 4 is 17.3 Å². The number of hydrogen-bond donors (Lipinski definition) is 2. The number of nitrogens with two attached hydrogens (primary N) is 1. The van der Waals surface area contributed by atoms with Gasteiger partial charge in [-0.05, 0) is 39.3 Å². The molecule has 0 unspecified atom stereocenters. The van der Waals surface area contributed by atoms with E-state index in [0.717, 1.165) is 12.1 Å². The van der Waals surface area contributed by atoms with E-state index < -0.39 is 0 Å². The fourth-order valence-corrected chi connectivity index (χ4v) is 1.51. The average molecular weight is 250 g/mol. The normalized spacial score (nSPS) is 11.1. The van der Waals surface area contributed by atoms with Crippen molar-refractivity contribution in [1.29, 1.82) is 0 Å². The van der Waals surface area contributed by atoms with Gasteiger partial charge >= 0.3 is 5.97 Å². The van der Waals surface area contributed by atoms with Crippen LogP contribution < -0.4 is 11.1 Å². The number of nitrogen functional groups attached to an aromatic ring is 1. The molecule has 0 aromatic heterocycles. The summed E-state index contributed by atoms with van der Waals surface area (Å²) in [6.45, 7) is 8.39. The Kier molecular flexibility index (Phi) is 4.59. The number of carbonyl (C=O) groups is 1. The van der Waals surface area contributed by atoms with Gasteiger partial charge in [0.2, 0.25) is 0 Å². The lowest BCUT2D eigenvalue weighted by Crippen LogP contribution is -2.30. The summed E-state index contributed by atoms with van der Waals surface area (Å²) in [7, 11) is 0. The summed E-state index contributed by atoms with van der Waals surface area (Å²) in [5.74, 6) is -0.382. The second-order valence-electron chi connectivity index (χ2n) is 4.85. The number of hydrogen-bond acceptors (Lipinski definition) is 4. The van der Waals surface area contributed by atoms with Crippen LogP contribution in [-0.4, -0.2) is 18.1 Å². The standard InChI is InChI=1S/C14H22N2O2/c1-5-14(3,4)16-11-9-7-8-10(12(11)15)13(17)18-6-2/h7-9,16H,5-6,15H2,1-4H3. The number of esters is 1. The van der Waals surface area contributed by atoms with E-state index in [4.69, 9.17) is 10.5 Å². The molecule has 18 heavy (non-hydrogen) atoms. The molecule has 0 aliphatic carbocycles. The maximum Gasteiger partial charge on any atom is 0.340 e. The van der Waals surface area contributed by atoms with Gasteiger partial charge in [-0.1, -0.05) is 13.0 Å². The first-order valence-electron chi connectivity index (χ1n) is 6.25. The first kappa shape index (κ1) is 14.4. The summed E-state index contributed by atoms with van der Waals surface area (Å²) in [5, 5.41) is 3.34. The molecule has 0 fully saturated rings. The summed E-state index contributed by atoms with van der Waals surface area (Å²) in [5.41, 5.74) is 7.57. The molecule has 1 rings (SSSR count). The lowest BCUT2D eigenvalue weighted by atomic mass is 10.0. The Labute approximate surface area is 109 Å². The van der Waals surface area contributed by atoms with Crippen molar-refractivity contribution in [2.75, 3.05) is 17.7 Å². The van der Waals surface area contributed by atoms with Crippen molar-refractivity contribution in [3.63, 3.8) is 0 Å². The van der Waals surface area contributed by atoms with Crippen LogP contribution in [0.5, 0.6) is 0 Å². The van der Waals surface area contributed by atoms with Gasteiger partial charge in [0.25, 0.3) is 0 Å². The van der Waals surface area contributed by atoms with Gasteiger partial charge in [0, 0.05) is 5.54 Å². The van der Waals surface area contributed by atoms with E-state index in [2.05, 4.69) is 26.1 Å². The molecule has 0 aliphatic rings. The maximum atomic E-state index is 11.7. The third-order valence-electron chi connectivity index (χ3n) is 2.96. The van der Waals surface area contributed by atoms with Gasteiger partial charge in [0.15, 0.2) is 0 Å². The van der Waals surface area contributed by atoms with Crippen LogP contribution in [0.4, 0.5) is 11.4 Å². The number of rotatable bonds is 5. The summed E-state index contributed by atoms with van der Waals surface area (Å²) in [4.78, 5) is 11.7. The van der Waals surface area contributed by atoms with Crippen LogP contribution in [0.15, 0.2) is 18.2 Å². The third kappa shape index (κ3) is 3.39. The van der Waals surface area contributed by atoms with Gasteiger partial charge in [-0.15, -0.1) is 0 Å². The van der Waals surface area contributed by atoms with E-state index in [0.29, 0.717) is 17.9 Å². The molecule has 0 heterocycles. The summed E-state index contributed by atoms with van der Waals surface area (Å²) >= 11 is 0. The lowest BCUT2D eigenvalue weighted by molar-refractivity contribution is 0.0527. The first-order valence-corrected chi connectivity index (χ1v) is 6.25. The van der Waals surface area contributed by atoms with Crippen LogP contribution in [0.25, 0.3) is 0 Å². The second kappa shape index (κ2) is 5.76. The molecule has 4 heteroatoms. The number of ether oxygens (including phenoxy) is 1. The minimum absolute atomic E-state index is 0.0681. The molecule has 100 valence electrons. The van der Waals surface area contributed by atoms with E-state index in [1.54, 1.807) is 19.1 Å². The minimum atomic E-state index is -0.382. The number of para-hydroxylation sites is 1. The van der Waals surface area contributed by atoms with E-state index in [9.17, 15) is 4.79 Å². The van der Waals surface area contributed by atoms with Crippen molar-refractivity contribution in [2.24, 2.45) is 0 Å². The highest BCUT2D eigenvalue weighted by Gasteiger charge is 2.18. The fraction of sp³-hybridized carbons (Fsp3) is 0.500. The zero-order chi connectivity index (χ0) is 13.8. The highest BCUT2D eigenvalue weighted by atomic mass is 16.5. The minimum Gasteiger partial charge on any atom is -0.462 e. The Morgan fingerprint density at radius 1 is 1.39 bits per heavy atom. The molecule has 0 saturated heterocycles. The van der Waals surface area contributed by atoms with Crippen molar-refractivity contribution in [3.05, 3.63) is 23.8 Å². The quantitative estimate of drug-likeness (QED) is 0.622. The molecule has 0 atom stereocenters. The van der Waals surface area contributed by atoms with E-state index >= 15 is 0 Å². The van der Waals surface area contributed by atoms with Gasteiger partial charge in [0.1, 0.15) is 0 Å². The Bertz CT molecular complexity index is 428. The highest BCUT2D eigenvalue weighted by molar-refractivity contribution is 5.98. The Morgan fingerprint density at radius 3 is 2.61 bits per heavy atom. The third-order valence-corrected chi connectivity index (χ3v) is 2.96. The van der Waals surface area contributed by atoms with Crippen molar-refractivity contribution < 1.29 is 9.53 Å². The van der Waals surface area contributed by atoms with Crippen LogP contribution >= 0.6 is 0 Å². The van der Waals surface area contributed by atoms with E-state index in [-0.39, 0.29) is 11.5 Å². The molecule has 0 spiro atoms. The van der Waals surface area contributed by atoms with Gasteiger partial charge in [-0.3, -0.25) is 0 Å². The van der Waals surface area contributed by atoms with Crippen molar-refractivity contribution in [2.45, 2.75) is 39.7 Å². The Balaban J connectivity index is 3.02. The lowest BCUT2D eigenvalue weighted by Gasteiger charge is -2.27. The van der Waals surface area contributed by atoms with Gasteiger partial charge in [-0.25, -0.2) is 4.79 Å². The Morgan fingerprint density at radius 2 is 2.06 bits per heavy atom. The van der Waals surface area contributed by atoms with Crippen LogP contribution in [-0.2, 0) is 4.74 Å². The fourth-order valence-electron chi connectivity index (χ4n) is 1.51. The molecular formula is C14H22N2O2. The molecule has 0 amide bonds. The van der Waals surface area contributed by atoms with Gasteiger partial charge < -0.3 is 15.8 Å². The molecule has 3 N–H and O–H groups in total. The first-order chi connectivity index (χ1) is 8.41. The summed E-state index contributed by atoms with van der Waals surface area (Å²) in [6.07, 6.45) is 0.954. The molecule has 0 aliphatic heterocycles. The van der Waals surface area contributed by atoms with Crippen molar-refractivity contribution in [1.82, 2.24) is 0 Å². The SMILES string of the molecule is CCOC(=O)c1cccc(NC(C)(C)CC)c1N. The van der Waals surface area contributed by atoms with Crippen LogP contribution in [0.3, 0.4) is 0 Å². The van der Waals surface area contributed by atoms with Crippen LogP contribution in [0, 0.1) is 0 Å². The van der Waals surface area contributed by atoms with Gasteiger partial charge in [0.05, 0.1) is 23.5 Å². The van der Waals surface area contributed by atoms with E-state index in [1.165, 1.54) is 0 Å². The second-order valence-corrected chi connectivity index (χ2v) is 4.85. The molecule has 0 radical (unpaired) electrons. The molecule has 0 saturated carbocycles. The van der Waals surface area contributed by atoms with Crippen LogP contribution in [0.2, 0.25) is 0 Å². The number of carbonyl (C=O) groups excluding carboxylic acids is 1. The molecule has 0 bridgehead atoms. The summed E-state index contributed by atoms with van der Waals surface area (Å²) in [6, 6.07) is 5.35. The van der Waals surface area contributed by atoms with Crippen LogP contribution in [0.1, 0.15) is 44.5 Å². The summed E-state index contributed by atoms with van der Waals surface area (Å²) < 4.78 is 4.97. The largest absolute Gasteiger partial charge is 0.462 e. The molecular weight excluding hydrogens is 228 g/mol. The molecule has 1 aromatic rings. The molecule has 1 aromatic carbocycles.